The van der Waals surface area contributed by atoms with Crippen molar-refractivity contribution in [3.05, 3.63) is 39.9 Å². The van der Waals surface area contributed by atoms with Gasteiger partial charge in [-0.1, -0.05) is 17.7 Å². The summed E-state index contributed by atoms with van der Waals surface area (Å²) in [4.78, 5) is 4.59. The van der Waals surface area contributed by atoms with Crippen molar-refractivity contribution in [1.29, 1.82) is 0 Å². The molecule has 0 aliphatic carbocycles. The fourth-order valence-electron chi connectivity index (χ4n) is 1.54. The van der Waals surface area contributed by atoms with Gasteiger partial charge in [0.05, 0.1) is 16.1 Å². The second-order valence-electron chi connectivity index (χ2n) is 3.50. The van der Waals surface area contributed by atoms with Crippen molar-refractivity contribution in [3.8, 4) is 10.6 Å². The van der Waals surface area contributed by atoms with Gasteiger partial charge in [-0.25, -0.2) is 4.98 Å². The number of hydrogen-bond donors (Lipinski definition) is 1. The maximum absolute atomic E-state index is 12.9. The van der Waals surface area contributed by atoms with Gasteiger partial charge in [-0.05, 0) is 17.5 Å². The molecule has 0 fully saturated rings. The van der Waals surface area contributed by atoms with Crippen molar-refractivity contribution in [1.82, 2.24) is 4.98 Å². The highest BCUT2D eigenvalue weighted by atomic mass is 35.5. The molecular formula is C11H8ClF3N2S. The fourth-order valence-corrected chi connectivity index (χ4v) is 2.49. The lowest BCUT2D eigenvalue weighted by Gasteiger charge is -2.14. The van der Waals surface area contributed by atoms with Crippen molar-refractivity contribution < 1.29 is 13.2 Å². The molecule has 0 amide bonds. The Morgan fingerprint density at radius 3 is 2.61 bits per heavy atom. The van der Waals surface area contributed by atoms with E-state index in [2.05, 4.69) is 4.98 Å². The second-order valence-corrected chi connectivity index (χ2v) is 4.81. The number of rotatable bonds is 2. The average Bonchev–Trinajstić information content (AvgIpc) is 2.80. The Kier molecular flexibility index (Phi) is 3.61. The topological polar surface area (TPSA) is 38.9 Å². The predicted molar refractivity (Wildman–Crippen MR) is 65.5 cm³/mol. The Bertz CT molecular complexity index is 552. The third-order valence-corrected chi connectivity index (χ3v) is 3.56. The van der Waals surface area contributed by atoms with Gasteiger partial charge >= 0.3 is 6.18 Å². The quantitative estimate of drug-likeness (QED) is 0.852. The van der Waals surface area contributed by atoms with Crippen LogP contribution in [0.2, 0.25) is 5.15 Å². The monoisotopic (exact) mass is 292 g/mol. The first-order chi connectivity index (χ1) is 8.43. The number of alkyl halides is 3. The van der Waals surface area contributed by atoms with Crippen LogP contribution < -0.4 is 5.73 Å². The molecule has 2 aromatic heterocycles. The molecular weight excluding hydrogens is 285 g/mol. The van der Waals surface area contributed by atoms with Gasteiger partial charge in [-0.2, -0.15) is 13.2 Å². The summed E-state index contributed by atoms with van der Waals surface area (Å²) in [5.74, 6) is 0. The molecule has 0 bridgehead atoms. The molecule has 2 rings (SSSR count). The average molecular weight is 293 g/mol. The third kappa shape index (κ3) is 2.50. The van der Waals surface area contributed by atoms with Crippen LogP contribution in [0, 0.1) is 0 Å². The molecule has 0 aliphatic rings. The van der Waals surface area contributed by atoms with Gasteiger partial charge in [-0.15, -0.1) is 11.3 Å². The summed E-state index contributed by atoms with van der Waals surface area (Å²) in [5, 5.41) is 1.56. The van der Waals surface area contributed by atoms with Gasteiger partial charge in [0.2, 0.25) is 0 Å². The number of thiophene rings is 1. The second kappa shape index (κ2) is 4.87. The Hall–Kier alpha value is -1.11. The number of nitrogens with two attached hydrogens (primary N) is 1. The standard InChI is InChI=1S/C11H8ClF3N2S/c12-10-6(5-16)7(11(13,14)15)4-8(17-10)9-2-1-3-18-9/h1-4H,5,16H2. The van der Waals surface area contributed by atoms with E-state index in [-0.39, 0.29) is 23.0 Å². The summed E-state index contributed by atoms with van der Waals surface area (Å²) in [5.41, 5.74) is 4.50. The smallest absolute Gasteiger partial charge is 0.326 e. The number of nitrogens with zero attached hydrogens (tertiary/aromatic N) is 1. The van der Waals surface area contributed by atoms with E-state index in [0.29, 0.717) is 4.88 Å². The van der Waals surface area contributed by atoms with E-state index < -0.39 is 11.7 Å². The van der Waals surface area contributed by atoms with E-state index >= 15 is 0 Å². The predicted octanol–water partition coefficient (Wildman–Crippen LogP) is 3.94. The van der Waals surface area contributed by atoms with Gasteiger partial charge in [0, 0.05) is 12.1 Å². The summed E-state index contributed by atoms with van der Waals surface area (Å²) >= 11 is 7.07. The summed E-state index contributed by atoms with van der Waals surface area (Å²) in [7, 11) is 0. The molecule has 0 aromatic carbocycles. The molecule has 2 nitrogen and oxygen atoms in total. The van der Waals surface area contributed by atoms with E-state index in [9.17, 15) is 13.2 Å². The molecule has 18 heavy (non-hydrogen) atoms. The lowest BCUT2D eigenvalue weighted by atomic mass is 10.1. The maximum atomic E-state index is 12.9. The van der Waals surface area contributed by atoms with E-state index in [1.807, 2.05) is 0 Å². The van der Waals surface area contributed by atoms with Crippen LogP contribution in [0.15, 0.2) is 23.6 Å². The van der Waals surface area contributed by atoms with Crippen LogP contribution >= 0.6 is 22.9 Å². The van der Waals surface area contributed by atoms with E-state index in [1.165, 1.54) is 11.3 Å². The zero-order chi connectivity index (χ0) is 13.3. The Labute approximate surface area is 110 Å². The summed E-state index contributed by atoms with van der Waals surface area (Å²) < 4.78 is 38.7. The SMILES string of the molecule is NCc1c(C(F)(F)F)cc(-c2cccs2)nc1Cl. The number of hydrogen-bond acceptors (Lipinski definition) is 3. The van der Waals surface area contributed by atoms with Crippen molar-refractivity contribution in [3.63, 3.8) is 0 Å². The molecule has 0 saturated heterocycles. The highest BCUT2D eigenvalue weighted by Crippen LogP contribution is 2.37. The molecule has 0 spiro atoms. The van der Waals surface area contributed by atoms with Crippen LogP contribution in [0.25, 0.3) is 10.6 Å². The number of pyridine rings is 1. The number of halogens is 4. The van der Waals surface area contributed by atoms with Crippen LogP contribution in [0.4, 0.5) is 13.2 Å². The van der Waals surface area contributed by atoms with Crippen LogP contribution in [0.3, 0.4) is 0 Å². The minimum Gasteiger partial charge on any atom is -0.326 e. The first-order valence-corrected chi connectivity index (χ1v) is 6.20. The molecule has 7 heteroatoms. The van der Waals surface area contributed by atoms with Gasteiger partial charge in [0.1, 0.15) is 5.15 Å². The highest BCUT2D eigenvalue weighted by Gasteiger charge is 2.35. The van der Waals surface area contributed by atoms with Crippen molar-refractivity contribution in [2.75, 3.05) is 0 Å². The molecule has 0 aliphatic heterocycles. The van der Waals surface area contributed by atoms with Gasteiger partial charge in [0.15, 0.2) is 0 Å². The van der Waals surface area contributed by atoms with Crippen LogP contribution in [0.5, 0.6) is 0 Å². The Morgan fingerprint density at radius 1 is 1.39 bits per heavy atom. The number of aromatic nitrogens is 1. The fraction of sp³-hybridized carbons (Fsp3) is 0.182. The van der Waals surface area contributed by atoms with Crippen LogP contribution in [0.1, 0.15) is 11.1 Å². The summed E-state index contributed by atoms with van der Waals surface area (Å²) in [6.45, 7) is -0.300. The normalized spacial score (nSPS) is 11.8. The molecule has 2 heterocycles. The molecule has 0 atom stereocenters. The van der Waals surface area contributed by atoms with Gasteiger partial charge < -0.3 is 5.73 Å². The summed E-state index contributed by atoms with van der Waals surface area (Å²) in [6, 6.07) is 4.41. The largest absolute Gasteiger partial charge is 0.416 e. The Balaban J connectivity index is 2.64. The highest BCUT2D eigenvalue weighted by molar-refractivity contribution is 7.13. The van der Waals surface area contributed by atoms with E-state index in [1.54, 1.807) is 17.5 Å². The first kappa shape index (κ1) is 13.3. The van der Waals surface area contributed by atoms with E-state index in [4.69, 9.17) is 17.3 Å². The molecule has 0 unspecified atom stereocenters. The molecule has 2 aromatic rings. The van der Waals surface area contributed by atoms with Gasteiger partial charge in [0.25, 0.3) is 0 Å². The molecule has 96 valence electrons. The van der Waals surface area contributed by atoms with Crippen molar-refractivity contribution in [2.45, 2.75) is 12.7 Å². The minimum atomic E-state index is -4.49. The maximum Gasteiger partial charge on any atom is 0.416 e. The van der Waals surface area contributed by atoms with Gasteiger partial charge in [-0.3, -0.25) is 0 Å². The lowest BCUT2D eigenvalue weighted by Crippen LogP contribution is -2.13. The zero-order valence-corrected chi connectivity index (χ0v) is 10.5. The summed E-state index contributed by atoms with van der Waals surface area (Å²) in [6.07, 6.45) is -4.49. The third-order valence-electron chi connectivity index (χ3n) is 2.36. The molecule has 0 radical (unpaired) electrons. The molecule has 2 N–H and O–H groups in total. The van der Waals surface area contributed by atoms with Crippen molar-refractivity contribution in [2.24, 2.45) is 5.73 Å². The first-order valence-electron chi connectivity index (χ1n) is 4.94. The zero-order valence-electron chi connectivity index (χ0n) is 8.96. The van der Waals surface area contributed by atoms with Crippen LogP contribution in [-0.2, 0) is 12.7 Å². The Morgan fingerprint density at radius 2 is 2.11 bits per heavy atom. The lowest BCUT2D eigenvalue weighted by molar-refractivity contribution is -0.138. The van der Waals surface area contributed by atoms with E-state index in [0.717, 1.165) is 6.07 Å². The van der Waals surface area contributed by atoms with Crippen molar-refractivity contribution >= 4 is 22.9 Å². The molecule has 0 saturated carbocycles. The minimum absolute atomic E-state index is 0.176. The van der Waals surface area contributed by atoms with Crippen LogP contribution in [-0.4, -0.2) is 4.98 Å².